The van der Waals surface area contributed by atoms with Crippen LogP contribution in [0.25, 0.3) is 0 Å². The van der Waals surface area contributed by atoms with E-state index in [1.807, 2.05) is 0 Å². The molecule has 1 atom stereocenters. The molecule has 0 radical (unpaired) electrons. The van der Waals surface area contributed by atoms with Gasteiger partial charge in [0.05, 0.1) is 0 Å². The highest BCUT2D eigenvalue weighted by Gasteiger charge is 2.16. The Morgan fingerprint density at radius 3 is 2.73 bits per heavy atom. The first-order chi connectivity index (χ1) is 7.26. The molecule has 0 spiro atoms. The minimum atomic E-state index is 0.417. The lowest BCUT2D eigenvalue weighted by molar-refractivity contribution is 0.173. The van der Waals surface area contributed by atoms with Crippen LogP contribution in [0.15, 0.2) is 0 Å². The van der Waals surface area contributed by atoms with Crippen LogP contribution in [0.3, 0.4) is 0 Å². The van der Waals surface area contributed by atoms with Crippen LogP contribution in [0.5, 0.6) is 0 Å². The molecule has 0 aromatic heterocycles. The van der Waals surface area contributed by atoms with Gasteiger partial charge in [0.2, 0.25) is 0 Å². The van der Waals surface area contributed by atoms with E-state index >= 15 is 0 Å². The predicted octanol–water partition coefficient (Wildman–Crippen LogP) is 1.14. The Balaban J connectivity index is 2.16. The Kier molecular flexibility index (Phi) is 6.22. The van der Waals surface area contributed by atoms with Crippen molar-refractivity contribution in [2.45, 2.75) is 39.2 Å². The van der Waals surface area contributed by atoms with Gasteiger partial charge in [-0.25, -0.2) is 0 Å². The van der Waals surface area contributed by atoms with E-state index in [1.165, 1.54) is 52.0 Å². The highest BCUT2D eigenvalue weighted by Crippen LogP contribution is 2.07. The van der Waals surface area contributed by atoms with Crippen molar-refractivity contribution in [3.63, 3.8) is 0 Å². The second kappa shape index (κ2) is 7.20. The minimum Gasteiger partial charge on any atom is -0.327 e. The molecule has 1 aliphatic heterocycles. The SMILES string of the molecule is CCCN(CC)CCN1CCCC(N)C1. The normalized spacial score (nSPS) is 23.6. The van der Waals surface area contributed by atoms with Crippen molar-refractivity contribution in [2.24, 2.45) is 5.73 Å². The van der Waals surface area contributed by atoms with Gasteiger partial charge in [-0.15, -0.1) is 0 Å². The van der Waals surface area contributed by atoms with E-state index in [0.717, 1.165) is 6.54 Å². The third kappa shape index (κ3) is 4.96. The molecule has 2 N–H and O–H groups in total. The summed E-state index contributed by atoms with van der Waals surface area (Å²) >= 11 is 0. The summed E-state index contributed by atoms with van der Waals surface area (Å²) in [5.74, 6) is 0. The van der Waals surface area contributed by atoms with Gasteiger partial charge in [-0.3, -0.25) is 0 Å². The maximum atomic E-state index is 5.97. The Hall–Kier alpha value is -0.120. The molecule has 0 bridgehead atoms. The van der Waals surface area contributed by atoms with Crippen LogP contribution in [0.2, 0.25) is 0 Å². The van der Waals surface area contributed by atoms with Crippen LogP contribution in [-0.4, -0.2) is 55.1 Å². The number of rotatable bonds is 6. The maximum Gasteiger partial charge on any atom is 0.0168 e. The summed E-state index contributed by atoms with van der Waals surface area (Å²) in [7, 11) is 0. The van der Waals surface area contributed by atoms with E-state index in [1.54, 1.807) is 0 Å². The lowest BCUT2D eigenvalue weighted by Gasteiger charge is -2.32. The first-order valence-corrected chi connectivity index (χ1v) is 6.46. The fourth-order valence-corrected chi connectivity index (χ4v) is 2.32. The van der Waals surface area contributed by atoms with Gasteiger partial charge in [0, 0.05) is 25.7 Å². The smallest absolute Gasteiger partial charge is 0.0168 e. The van der Waals surface area contributed by atoms with Gasteiger partial charge in [-0.05, 0) is 38.9 Å². The number of nitrogens with zero attached hydrogens (tertiary/aromatic N) is 2. The van der Waals surface area contributed by atoms with Crippen LogP contribution >= 0.6 is 0 Å². The molecule has 0 aliphatic carbocycles. The van der Waals surface area contributed by atoms with Gasteiger partial charge in [0.25, 0.3) is 0 Å². The van der Waals surface area contributed by atoms with E-state index in [4.69, 9.17) is 5.73 Å². The van der Waals surface area contributed by atoms with E-state index < -0.39 is 0 Å². The molecule has 1 aliphatic rings. The molecule has 3 heteroatoms. The fraction of sp³-hybridized carbons (Fsp3) is 1.00. The minimum absolute atomic E-state index is 0.417. The van der Waals surface area contributed by atoms with Crippen molar-refractivity contribution in [1.29, 1.82) is 0 Å². The maximum absolute atomic E-state index is 5.97. The summed E-state index contributed by atoms with van der Waals surface area (Å²) in [5.41, 5.74) is 5.97. The molecule has 3 nitrogen and oxygen atoms in total. The van der Waals surface area contributed by atoms with Gasteiger partial charge >= 0.3 is 0 Å². The highest BCUT2D eigenvalue weighted by molar-refractivity contribution is 4.75. The molecular weight excluding hydrogens is 186 g/mol. The van der Waals surface area contributed by atoms with E-state index in [-0.39, 0.29) is 0 Å². The van der Waals surface area contributed by atoms with Crippen molar-refractivity contribution < 1.29 is 0 Å². The van der Waals surface area contributed by atoms with Crippen molar-refractivity contribution in [2.75, 3.05) is 39.3 Å². The summed E-state index contributed by atoms with van der Waals surface area (Å²) < 4.78 is 0. The van der Waals surface area contributed by atoms with E-state index in [0.29, 0.717) is 6.04 Å². The predicted molar refractivity (Wildman–Crippen MR) is 66.1 cm³/mol. The first-order valence-electron chi connectivity index (χ1n) is 6.46. The Morgan fingerprint density at radius 2 is 2.13 bits per heavy atom. The largest absolute Gasteiger partial charge is 0.327 e. The van der Waals surface area contributed by atoms with Crippen LogP contribution in [0.1, 0.15) is 33.1 Å². The summed E-state index contributed by atoms with van der Waals surface area (Å²) in [4.78, 5) is 5.05. The van der Waals surface area contributed by atoms with E-state index in [9.17, 15) is 0 Å². The lowest BCUT2D eigenvalue weighted by atomic mass is 10.1. The summed E-state index contributed by atoms with van der Waals surface area (Å²) in [6.07, 6.45) is 3.75. The van der Waals surface area contributed by atoms with Gasteiger partial charge in [0.1, 0.15) is 0 Å². The highest BCUT2D eigenvalue weighted by atomic mass is 15.2. The third-order valence-electron chi connectivity index (χ3n) is 3.26. The Morgan fingerprint density at radius 1 is 1.33 bits per heavy atom. The van der Waals surface area contributed by atoms with Crippen LogP contribution in [-0.2, 0) is 0 Å². The second-order valence-electron chi connectivity index (χ2n) is 4.64. The van der Waals surface area contributed by atoms with Crippen LogP contribution < -0.4 is 5.73 Å². The molecule has 0 amide bonds. The second-order valence-corrected chi connectivity index (χ2v) is 4.64. The molecule has 1 rings (SSSR count). The average molecular weight is 213 g/mol. The molecule has 15 heavy (non-hydrogen) atoms. The average Bonchev–Trinajstić information content (AvgIpc) is 2.24. The van der Waals surface area contributed by atoms with Crippen molar-refractivity contribution >= 4 is 0 Å². The molecule has 0 aromatic carbocycles. The van der Waals surface area contributed by atoms with Crippen molar-refractivity contribution in [3.05, 3.63) is 0 Å². The summed E-state index contributed by atoms with van der Waals surface area (Å²) in [6.45, 7) is 11.7. The zero-order chi connectivity index (χ0) is 11.1. The Labute approximate surface area is 94.6 Å². The molecule has 1 saturated heterocycles. The quantitative estimate of drug-likeness (QED) is 0.718. The number of likely N-dealkylation sites (N-methyl/N-ethyl adjacent to an activating group) is 1. The topological polar surface area (TPSA) is 32.5 Å². The van der Waals surface area contributed by atoms with Gasteiger partial charge in [0.15, 0.2) is 0 Å². The number of hydrogen-bond acceptors (Lipinski definition) is 3. The number of likely N-dealkylation sites (tertiary alicyclic amines) is 1. The zero-order valence-corrected chi connectivity index (χ0v) is 10.4. The molecular formula is C12H27N3. The molecule has 1 fully saturated rings. The monoisotopic (exact) mass is 213 g/mol. The molecule has 1 unspecified atom stereocenters. The first kappa shape index (κ1) is 12.9. The third-order valence-corrected chi connectivity index (χ3v) is 3.26. The molecule has 1 heterocycles. The van der Waals surface area contributed by atoms with Gasteiger partial charge in [-0.2, -0.15) is 0 Å². The summed E-state index contributed by atoms with van der Waals surface area (Å²) in [6, 6.07) is 0.417. The molecule has 0 saturated carbocycles. The number of nitrogens with two attached hydrogens (primary N) is 1. The Bertz CT molecular complexity index is 161. The van der Waals surface area contributed by atoms with Gasteiger partial charge in [-0.1, -0.05) is 13.8 Å². The van der Waals surface area contributed by atoms with E-state index in [2.05, 4.69) is 23.6 Å². The number of hydrogen-bond donors (Lipinski definition) is 1. The van der Waals surface area contributed by atoms with Crippen molar-refractivity contribution in [3.8, 4) is 0 Å². The number of piperidine rings is 1. The van der Waals surface area contributed by atoms with Crippen LogP contribution in [0, 0.1) is 0 Å². The zero-order valence-electron chi connectivity index (χ0n) is 10.4. The molecule has 90 valence electrons. The summed E-state index contributed by atoms with van der Waals surface area (Å²) in [5, 5.41) is 0. The van der Waals surface area contributed by atoms with Crippen molar-refractivity contribution in [1.82, 2.24) is 9.80 Å². The fourth-order valence-electron chi connectivity index (χ4n) is 2.32. The van der Waals surface area contributed by atoms with Crippen LogP contribution in [0.4, 0.5) is 0 Å². The van der Waals surface area contributed by atoms with Gasteiger partial charge < -0.3 is 15.5 Å². The lowest BCUT2D eigenvalue weighted by Crippen LogP contribution is -2.45. The molecule has 0 aromatic rings. The standard InChI is InChI=1S/C12H27N3/c1-3-7-14(4-2)9-10-15-8-5-6-12(13)11-15/h12H,3-11,13H2,1-2H3.